The Bertz CT molecular complexity index is 637. The Kier molecular flexibility index (Phi) is 4.92. The van der Waals surface area contributed by atoms with E-state index < -0.39 is 0 Å². The van der Waals surface area contributed by atoms with E-state index in [1.807, 2.05) is 31.2 Å². The molecule has 0 fully saturated rings. The number of nitrogens with one attached hydrogen (secondary N) is 1. The van der Waals surface area contributed by atoms with Crippen molar-refractivity contribution in [1.82, 2.24) is 9.78 Å². The van der Waals surface area contributed by atoms with E-state index in [1.165, 1.54) is 4.68 Å². The molecule has 1 heterocycles. The molecule has 6 heteroatoms. The van der Waals surface area contributed by atoms with Crippen molar-refractivity contribution in [1.29, 1.82) is 0 Å². The van der Waals surface area contributed by atoms with Crippen LogP contribution in [0, 0.1) is 0 Å². The van der Waals surface area contributed by atoms with Crippen LogP contribution in [0.5, 0.6) is 0 Å². The third-order valence-corrected chi connectivity index (χ3v) is 3.79. The van der Waals surface area contributed by atoms with Crippen LogP contribution < -0.4 is 16.6 Å². The molecular formula is C14H17BrN4O. The zero-order chi connectivity index (χ0) is 14.5. The SMILES string of the molecule is CCn1ncc(NCc2ccc(CN)cc2)c(Br)c1=O. The molecule has 2 rings (SSSR count). The molecule has 0 saturated heterocycles. The predicted octanol–water partition coefficient (Wildman–Crippen LogP) is 2.10. The molecule has 0 atom stereocenters. The Morgan fingerprint density at radius 1 is 1.30 bits per heavy atom. The van der Waals surface area contributed by atoms with Crippen molar-refractivity contribution in [2.75, 3.05) is 5.32 Å². The Morgan fingerprint density at radius 2 is 1.95 bits per heavy atom. The molecule has 0 aliphatic carbocycles. The number of halogens is 1. The van der Waals surface area contributed by atoms with Gasteiger partial charge in [-0.3, -0.25) is 4.79 Å². The first kappa shape index (κ1) is 14.7. The number of rotatable bonds is 5. The normalized spacial score (nSPS) is 10.6. The molecule has 0 aliphatic rings. The Morgan fingerprint density at radius 3 is 2.55 bits per heavy atom. The van der Waals surface area contributed by atoms with E-state index in [4.69, 9.17) is 5.73 Å². The summed E-state index contributed by atoms with van der Waals surface area (Å²) in [5, 5.41) is 7.30. The van der Waals surface area contributed by atoms with Gasteiger partial charge in [0.15, 0.2) is 0 Å². The van der Waals surface area contributed by atoms with Gasteiger partial charge in [0.25, 0.3) is 5.56 Å². The van der Waals surface area contributed by atoms with Crippen LogP contribution in [0.15, 0.2) is 39.7 Å². The Balaban J connectivity index is 2.10. The van der Waals surface area contributed by atoms with Gasteiger partial charge in [0, 0.05) is 19.6 Å². The van der Waals surface area contributed by atoms with E-state index in [9.17, 15) is 4.79 Å². The van der Waals surface area contributed by atoms with E-state index in [-0.39, 0.29) is 5.56 Å². The fourth-order valence-electron chi connectivity index (χ4n) is 1.80. The van der Waals surface area contributed by atoms with Crippen molar-refractivity contribution in [3.63, 3.8) is 0 Å². The minimum absolute atomic E-state index is 0.129. The molecule has 5 nitrogen and oxygen atoms in total. The minimum atomic E-state index is -0.129. The van der Waals surface area contributed by atoms with Gasteiger partial charge in [-0.2, -0.15) is 5.10 Å². The van der Waals surface area contributed by atoms with Gasteiger partial charge in [-0.25, -0.2) is 4.68 Å². The molecule has 0 bridgehead atoms. The van der Waals surface area contributed by atoms with E-state index in [0.29, 0.717) is 29.8 Å². The molecule has 1 aromatic carbocycles. The first-order valence-electron chi connectivity index (χ1n) is 6.43. The van der Waals surface area contributed by atoms with Crippen molar-refractivity contribution in [3.05, 3.63) is 56.4 Å². The third kappa shape index (κ3) is 3.26. The number of hydrogen-bond donors (Lipinski definition) is 2. The molecule has 0 amide bonds. The summed E-state index contributed by atoms with van der Waals surface area (Å²) in [5.41, 5.74) is 8.35. The second-order valence-corrected chi connectivity index (χ2v) is 5.16. The molecule has 0 spiro atoms. The average molecular weight is 337 g/mol. The van der Waals surface area contributed by atoms with Gasteiger partial charge in [0.1, 0.15) is 4.47 Å². The van der Waals surface area contributed by atoms with Gasteiger partial charge in [-0.05, 0) is 34.0 Å². The lowest BCUT2D eigenvalue weighted by Crippen LogP contribution is -2.23. The van der Waals surface area contributed by atoms with Crippen molar-refractivity contribution < 1.29 is 0 Å². The smallest absolute Gasteiger partial charge is 0.283 e. The molecule has 2 aromatic rings. The van der Waals surface area contributed by atoms with Gasteiger partial charge in [-0.15, -0.1) is 0 Å². The standard InChI is InChI=1S/C14H17BrN4O/c1-2-19-14(20)13(15)12(9-18-19)17-8-11-5-3-10(7-16)4-6-11/h3-6,9,17H,2,7-8,16H2,1H3. The summed E-state index contributed by atoms with van der Waals surface area (Å²) >= 11 is 3.32. The monoisotopic (exact) mass is 336 g/mol. The van der Waals surface area contributed by atoms with Gasteiger partial charge in [-0.1, -0.05) is 24.3 Å². The summed E-state index contributed by atoms with van der Waals surface area (Å²) in [7, 11) is 0. The highest BCUT2D eigenvalue weighted by Crippen LogP contribution is 2.17. The largest absolute Gasteiger partial charge is 0.379 e. The van der Waals surface area contributed by atoms with Crippen LogP contribution in [-0.2, 0) is 19.6 Å². The van der Waals surface area contributed by atoms with E-state index >= 15 is 0 Å². The van der Waals surface area contributed by atoms with Gasteiger partial charge in [0.05, 0.1) is 11.9 Å². The minimum Gasteiger partial charge on any atom is -0.379 e. The maximum absolute atomic E-state index is 11.9. The predicted molar refractivity (Wildman–Crippen MR) is 83.5 cm³/mol. The summed E-state index contributed by atoms with van der Waals surface area (Å²) in [6, 6.07) is 8.03. The first-order chi connectivity index (χ1) is 9.65. The molecule has 1 aromatic heterocycles. The van der Waals surface area contributed by atoms with E-state index in [0.717, 1.165) is 11.1 Å². The van der Waals surface area contributed by atoms with Crippen LogP contribution in [0.2, 0.25) is 0 Å². The van der Waals surface area contributed by atoms with E-state index in [1.54, 1.807) is 6.20 Å². The van der Waals surface area contributed by atoms with Crippen LogP contribution in [-0.4, -0.2) is 9.78 Å². The van der Waals surface area contributed by atoms with Crippen LogP contribution in [0.3, 0.4) is 0 Å². The Hall–Kier alpha value is -1.66. The topological polar surface area (TPSA) is 72.9 Å². The molecule has 0 aliphatic heterocycles. The maximum atomic E-state index is 11.9. The van der Waals surface area contributed by atoms with Crippen molar-refractivity contribution >= 4 is 21.6 Å². The van der Waals surface area contributed by atoms with Crippen LogP contribution >= 0.6 is 15.9 Å². The number of hydrogen-bond acceptors (Lipinski definition) is 4. The maximum Gasteiger partial charge on any atom is 0.283 e. The summed E-state index contributed by atoms with van der Waals surface area (Å²) in [4.78, 5) is 11.9. The number of aromatic nitrogens is 2. The second-order valence-electron chi connectivity index (χ2n) is 4.37. The summed E-state index contributed by atoms with van der Waals surface area (Å²) in [6.45, 7) is 3.60. The highest BCUT2D eigenvalue weighted by Gasteiger charge is 2.07. The van der Waals surface area contributed by atoms with Gasteiger partial charge in [0.2, 0.25) is 0 Å². The highest BCUT2D eigenvalue weighted by molar-refractivity contribution is 9.10. The molecular weight excluding hydrogens is 320 g/mol. The van der Waals surface area contributed by atoms with Crippen LogP contribution in [0.1, 0.15) is 18.1 Å². The van der Waals surface area contributed by atoms with Crippen molar-refractivity contribution in [3.8, 4) is 0 Å². The number of nitrogens with two attached hydrogens (primary N) is 1. The second kappa shape index (κ2) is 6.67. The molecule has 20 heavy (non-hydrogen) atoms. The molecule has 0 saturated carbocycles. The lowest BCUT2D eigenvalue weighted by Gasteiger charge is -2.10. The van der Waals surface area contributed by atoms with Crippen LogP contribution in [0.4, 0.5) is 5.69 Å². The first-order valence-corrected chi connectivity index (χ1v) is 7.22. The fourth-order valence-corrected chi connectivity index (χ4v) is 2.25. The number of nitrogens with zero attached hydrogens (tertiary/aromatic N) is 2. The van der Waals surface area contributed by atoms with Crippen LogP contribution in [0.25, 0.3) is 0 Å². The zero-order valence-electron chi connectivity index (χ0n) is 11.3. The lowest BCUT2D eigenvalue weighted by atomic mass is 10.1. The highest BCUT2D eigenvalue weighted by atomic mass is 79.9. The van der Waals surface area contributed by atoms with Gasteiger partial charge >= 0.3 is 0 Å². The molecule has 0 radical (unpaired) electrons. The molecule has 0 unspecified atom stereocenters. The van der Waals surface area contributed by atoms with Crippen molar-refractivity contribution in [2.45, 2.75) is 26.6 Å². The quantitative estimate of drug-likeness (QED) is 0.876. The fraction of sp³-hybridized carbons (Fsp3) is 0.286. The molecule has 106 valence electrons. The zero-order valence-corrected chi connectivity index (χ0v) is 12.9. The summed E-state index contributed by atoms with van der Waals surface area (Å²) in [6.07, 6.45) is 1.66. The summed E-state index contributed by atoms with van der Waals surface area (Å²) < 4.78 is 1.92. The number of benzene rings is 1. The lowest BCUT2D eigenvalue weighted by molar-refractivity contribution is 0.613. The number of anilines is 1. The Labute approximate surface area is 125 Å². The van der Waals surface area contributed by atoms with Gasteiger partial charge < -0.3 is 11.1 Å². The third-order valence-electron chi connectivity index (χ3n) is 3.03. The van der Waals surface area contributed by atoms with Crippen molar-refractivity contribution in [2.24, 2.45) is 5.73 Å². The summed E-state index contributed by atoms with van der Waals surface area (Å²) in [5.74, 6) is 0. The van der Waals surface area contributed by atoms with E-state index in [2.05, 4.69) is 26.3 Å². The molecule has 3 N–H and O–H groups in total. The average Bonchev–Trinajstić information content (AvgIpc) is 2.49. The number of aryl methyl sites for hydroxylation is 1.